The van der Waals surface area contributed by atoms with Crippen molar-refractivity contribution in [3.63, 3.8) is 0 Å². The lowest BCUT2D eigenvalue weighted by Crippen LogP contribution is -2.51. The summed E-state index contributed by atoms with van der Waals surface area (Å²) >= 11 is 0. The van der Waals surface area contributed by atoms with Gasteiger partial charge < -0.3 is 10.6 Å². The Hall–Kier alpha value is -2.09. The highest BCUT2D eigenvalue weighted by Crippen LogP contribution is 2.34. The van der Waals surface area contributed by atoms with E-state index in [4.69, 9.17) is 0 Å². The van der Waals surface area contributed by atoms with Crippen molar-refractivity contribution in [2.24, 2.45) is 5.92 Å². The third-order valence-corrected chi connectivity index (χ3v) is 6.19. The van der Waals surface area contributed by atoms with Gasteiger partial charge in [-0.1, -0.05) is 31.4 Å². The zero-order valence-electron chi connectivity index (χ0n) is 17.3. The van der Waals surface area contributed by atoms with Crippen molar-refractivity contribution in [3.05, 3.63) is 29.8 Å². The molecule has 2 aliphatic rings. The van der Waals surface area contributed by atoms with Gasteiger partial charge in [-0.15, -0.1) is 0 Å². The number of carbonyl (C=O) groups excluding carboxylic acids is 2. The number of anilines is 1. The Balaban J connectivity index is 1.59. The molecule has 2 atom stereocenters. The van der Waals surface area contributed by atoms with Gasteiger partial charge in [0.2, 0.25) is 11.8 Å². The number of carbonyl (C=O) groups is 2. The molecule has 2 fully saturated rings. The van der Waals surface area contributed by atoms with E-state index < -0.39 is 23.7 Å². The maximum atomic E-state index is 13.2. The molecule has 0 aromatic heterocycles. The molecule has 2 N–H and O–H groups in total. The second-order valence-electron chi connectivity index (χ2n) is 8.39. The van der Waals surface area contributed by atoms with Crippen molar-refractivity contribution >= 4 is 17.5 Å². The van der Waals surface area contributed by atoms with Crippen molar-refractivity contribution in [2.75, 3.05) is 18.4 Å². The van der Waals surface area contributed by atoms with Gasteiger partial charge in [-0.05, 0) is 51.3 Å². The number of para-hydroxylation sites is 1. The van der Waals surface area contributed by atoms with Crippen molar-refractivity contribution in [3.8, 4) is 0 Å². The van der Waals surface area contributed by atoms with E-state index >= 15 is 0 Å². The van der Waals surface area contributed by atoms with E-state index in [1.807, 2.05) is 4.90 Å². The number of nitrogens with zero attached hydrogens (tertiary/aromatic N) is 1. The molecular formula is C22H30F3N3O2. The zero-order valence-corrected chi connectivity index (χ0v) is 17.3. The average molecular weight is 425 g/mol. The SMILES string of the molecule is CC(C(=O)Nc1ccccc1C(F)(F)F)N1CCCC(C(=O)NC2CCCCC2)C1. The molecule has 1 saturated carbocycles. The lowest BCUT2D eigenvalue weighted by Gasteiger charge is -2.36. The Kier molecular flexibility index (Phi) is 7.39. The molecule has 0 radical (unpaired) electrons. The number of rotatable bonds is 5. The van der Waals surface area contributed by atoms with Crippen LogP contribution < -0.4 is 10.6 Å². The first kappa shape index (κ1) is 22.6. The second kappa shape index (κ2) is 9.81. The van der Waals surface area contributed by atoms with Crippen LogP contribution in [0, 0.1) is 5.92 Å². The van der Waals surface area contributed by atoms with Gasteiger partial charge in [0.15, 0.2) is 0 Å². The lowest BCUT2D eigenvalue weighted by atomic mass is 9.92. The highest BCUT2D eigenvalue weighted by molar-refractivity contribution is 5.95. The number of hydrogen-bond donors (Lipinski definition) is 2. The molecule has 5 nitrogen and oxygen atoms in total. The number of hydrogen-bond acceptors (Lipinski definition) is 3. The van der Waals surface area contributed by atoms with Gasteiger partial charge in [0.25, 0.3) is 0 Å². The maximum absolute atomic E-state index is 13.2. The molecule has 8 heteroatoms. The van der Waals surface area contributed by atoms with Crippen molar-refractivity contribution < 1.29 is 22.8 Å². The van der Waals surface area contributed by atoms with Crippen LogP contribution >= 0.6 is 0 Å². The minimum absolute atomic E-state index is 0.0293. The summed E-state index contributed by atoms with van der Waals surface area (Å²) in [5.74, 6) is -0.667. The Labute approximate surface area is 175 Å². The van der Waals surface area contributed by atoms with Crippen LogP contribution in [0.4, 0.5) is 18.9 Å². The topological polar surface area (TPSA) is 61.4 Å². The molecule has 0 spiro atoms. The number of halogens is 3. The molecule has 2 unspecified atom stereocenters. The van der Waals surface area contributed by atoms with Crippen LogP contribution in [0.15, 0.2) is 24.3 Å². The summed E-state index contributed by atoms with van der Waals surface area (Å²) < 4.78 is 39.5. The summed E-state index contributed by atoms with van der Waals surface area (Å²) in [4.78, 5) is 27.2. The summed E-state index contributed by atoms with van der Waals surface area (Å²) in [7, 11) is 0. The van der Waals surface area contributed by atoms with Crippen LogP contribution in [0.1, 0.15) is 57.4 Å². The Morgan fingerprint density at radius 3 is 2.47 bits per heavy atom. The number of amides is 2. The molecule has 1 aromatic carbocycles. The number of nitrogens with one attached hydrogen (secondary N) is 2. The van der Waals surface area contributed by atoms with Gasteiger partial charge >= 0.3 is 6.18 Å². The molecule has 1 aliphatic heterocycles. The summed E-state index contributed by atoms with van der Waals surface area (Å²) in [6.45, 7) is 2.75. The van der Waals surface area contributed by atoms with Crippen LogP contribution in [-0.4, -0.2) is 41.9 Å². The van der Waals surface area contributed by atoms with Gasteiger partial charge in [0, 0.05) is 12.6 Å². The molecule has 1 saturated heterocycles. The van der Waals surface area contributed by atoms with Gasteiger partial charge in [-0.2, -0.15) is 13.2 Å². The zero-order chi connectivity index (χ0) is 21.7. The van der Waals surface area contributed by atoms with E-state index in [1.54, 1.807) is 6.92 Å². The number of likely N-dealkylation sites (tertiary alicyclic amines) is 1. The van der Waals surface area contributed by atoms with Crippen molar-refractivity contribution in [1.82, 2.24) is 10.2 Å². The van der Waals surface area contributed by atoms with Gasteiger partial charge in [-0.3, -0.25) is 14.5 Å². The van der Waals surface area contributed by atoms with Crippen LogP contribution in [0.2, 0.25) is 0 Å². The normalized spacial score (nSPS) is 22.3. The van der Waals surface area contributed by atoms with Crippen LogP contribution in [0.5, 0.6) is 0 Å². The van der Waals surface area contributed by atoms with E-state index in [9.17, 15) is 22.8 Å². The molecule has 0 bridgehead atoms. The quantitative estimate of drug-likeness (QED) is 0.744. The Bertz CT molecular complexity index is 747. The fourth-order valence-electron chi connectivity index (χ4n) is 4.38. The van der Waals surface area contributed by atoms with E-state index in [0.717, 1.165) is 44.6 Å². The predicted molar refractivity (Wildman–Crippen MR) is 109 cm³/mol. The van der Waals surface area contributed by atoms with Crippen molar-refractivity contribution in [1.29, 1.82) is 0 Å². The van der Waals surface area contributed by atoms with Crippen molar-refractivity contribution in [2.45, 2.75) is 70.1 Å². The smallest absolute Gasteiger partial charge is 0.353 e. The van der Waals surface area contributed by atoms with Gasteiger partial charge in [0.05, 0.1) is 23.2 Å². The minimum atomic E-state index is -4.54. The van der Waals surface area contributed by atoms with E-state index in [0.29, 0.717) is 13.1 Å². The largest absolute Gasteiger partial charge is 0.418 e. The Morgan fingerprint density at radius 1 is 1.07 bits per heavy atom. The number of benzene rings is 1. The van der Waals surface area contributed by atoms with Crippen LogP contribution in [0.25, 0.3) is 0 Å². The fourth-order valence-corrected chi connectivity index (χ4v) is 4.38. The highest BCUT2D eigenvalue weighted by atomic mass is 19.4. The minimum Gasteiger partial charge on any atom is -0.353 e. The fraction of sp³-hybridized carbons (Fsp3) is 0.636. The third kappa shape index (κ3) is 5.74. The summed E-state index contributed by atoms with van der Waals surface area (Å²) in [5, 5.41) is 5.57. The molecule has 30 heavy (non-hydrogen) atoms. The highest BCUT2D eigenvalue weighted by Gasteiger charge is 2.35. The molecule has 3 rings (SSSR count). The number of piperidine rings is 1. The number of alkyl halides is 3. The summed E-state index contributed by atoms with van der Waals surface area (Å²) in [6.07, 6.45) is 2.52. The van der Waals surface area contributed by atoms with Gasteiger partial charge in [-0.25, -0.2) is 0 Å². The standard InChI is InChI=1S/C22H30F3N3O2/c1-15(20(29)27-19-12-6-5-11-18(19)22(23,24)25)28-13-7-8-16(14-28)21(30)26-17-9-3-2-4-10-17/h5-6,11-12,15-17H,2-4,7-10,13-14H2,1H3,(H,26,30)(H,27,29). The van der Waals surface area contributed by atoms with Crippen LogP contribution in [-0.2, 0) is 15.8 Å². The first-order valence-corrected chi connectivity index (χ1v) is 10.8. The molecule has 166 valence electrons. The molecule has 1 heterocycles. The lowest BCUT2D eigenvalue weighted by molar-refractivity contribution is -0.137. The van der Waals surface area contributed by atoms with Gasteiger partial charge in [0.1, 0.15) is 0 Å². The van der Waals surface area contributed by atoms with E-state index in [1.165, 1.54) is 24.6 Å². The molecule has 2 amide bonds. The average Bonchev–Trinajstić information content (AvgIpc) is 2.73. The first-order valence-electron chi connectivity index (χ1n) is 10.8. The molecular weight excluding hydrogens is 395 g/mol. The predicted octanol–water partition coefficient (Wildman–Crippen LogP) is 4.19. The monoisotopic (exact) mass is 425 g/mol. The maximum Gasteiger partial charge on any atom is 0.418 e. The first-order chi connectivity index (χ1) is 14.3. The molecule has 1 aromatic rings. The second-order valence-corrected chi connectivity index (χ2v) is 8.39. The van der Waals surface area contributed by atoms with Crippen LogP contribution in [0.3, 0.4) is 0 Å². The Morgan fingerprint density at radius 2 is 1.77 bits per heavy atom. The molecule has 1 aliphatic carbocycles. The van der Waals surface area contributed by atoms with E-state index in [2.05, 4.69) is 10.6 Å². The summed E-state index contributed by atoms with van der Waals surface area (Å²) in [6, 6.07) is 4.57. The third-order valence-electron chi connectivity index (χ3n) is 6.19. The summed E-state index contributed by atoms with van der Waals surface area (Å²) in [5.41, 5.74) is -1.11. The van der Waals surface area contributed by atoms with E-state index in [-0.39, 0.29) is 23.6 Å².